The fourth-order valence-corrected chi connectivity index (χ4v) is 6.45. The highest BCUT2D eigenvalue weighted by molar-refractivity contribution is 8.00. The summed E-state index contributed by atoms with van der Waals surface area (Å²) < 4.78 is 1.66. The lowest BCUT2D eigenvalue weighted by atomic mass is 9.85. The Kier molecular flexibility index (Phi) is 6.65. The third-order valence-electron chi connectivity index (χ3n) is 7.19. The lowest BCUT2D eigenvalue weighted by molar-refractivity contribution is -0.144. The Hall–Kier alpha value is -2.39. The van der Waals surface area contributed by atoms with Gasteiger partial charge >= 0.3 is 0 Å². The maximum atomic E-state index is 13.8. The number of benzene rings is 1. The number of rotatable bonds is 7. The van der Waals surface area contributed by atoms with Crippen molar-refractivity contribution in [1.29, 1.82) is 0 Å². The van der Waals surface area contributed by atoms with Gasteiger partial charge in [-0.2, -0.15) is 0 Å². The topological polar surface area (TPSA) is 100 Å². The zero-order valence-electron chi connectivity index (χ0n) is 20.6. The normalized spacial score (nSPS) is 27.4. The Morgan fingerprint density at radius 3 is 2.51 bits per heavy atom. The van der Waals surface area contributed by atoms with Crippen molar-refractivity contribution in [3.05, 3.63) is 42.2 Å². The summed E-state index contributed by atoms with van der Waals surface area (Å²) in [6, 6.07) is 9.13. The highest BCUT2D eigenvalue weighted by atomic mass is 32.2. The number of amides is 2. The van der Waals surface area contributed by atoms with E-state index < -0.39 is 23.6 Å². The van der Waals surface area contributed by atoms with Crippen molar-refractivity contribution in [2.75, 3.05) is 6.54 Å². The van der Waals surface area contributed by atoms with Crippen molar-refractivity contribution in [3.63, 3.8) is 0 Å². The molecule has 2 heterocycles. The summed E-state index contributed by atoms with van der Waals surface area (Å²) in [5.41, 5.74) is 0.492. The van der Waals surface area contributed by atoms with Crippen LogP contribution in [0.5, 0.6) is 0 Å². The minimum Gasteiger partial charge on any atom is -0.391 e. The molecule has 8 nitrogen and oxygen atoms in total. The van der Waals surface area contributed by atoms with Gasteiger partial charge in [-0.1, -0.05) is 44.2 Å². The molecule has 5 rings (SSSR count). The number of aliphatic hydroxyl groups excluding tert-OH is 1. The first-order valence-electron chi connectivity index (χ1n) is 12.6. The third kappa shape index (κ3) is 5.40. The van der Waals surface area contributed by atoms with Crippen molar-refractivity contribution in [1.82, 2.24) is 25.2 Å². The maximum absolute atomic E-state index is 13.8. The number of hydrogen-bond donors (Lipinski definition) is 2. The van der Waals surface area contributed by atoms with Crippen LogP contribution in [0.4, 0.5) is 0 Å². The van der Waals surface area contributed by atoms with E-state index >= 15 is 0 Å². The molecule has 9 heteroatoms. The minimum absolute atomic E-state index is 0.105. The molecule has 2 aliphatic carbocycles. The van der Waals surface area contributed by atoms with Crippen LogP contribution in [0.1, 0.15) is 70.5 Å². The molecule has 188 valence electrons. The predicted octanol–water partition coefficient (Wildman–Crippen LogP) is 3.14. The van der Waals surface area contributed by atoms with Gasteiger partial charge in [-0.25, -0.2) is 4.68 Å². The summed E-state index contributed by atoms with van der Waals surface area (Å²) in [5, 5.41) is 22.6. The molecule has 3 atom stereocenters. The zero-order valence-corrected chi connectivity index (χ0v) is 21.4. The summed E-state index contributed by atoms with van der Waals surface area (Å²) in [4.78, 5) is 29.8. The van der Waals surface area contributed by atoms with E-state index in [0.717, 1.165) is 31.4 Å². The maximum Gasteiger partial charge on any atom is 0.248 e. The van der Waals surface area contributed by atoms with Crippen molar-refractivity contribution in [3.8, 4) is 0 Å². The first kappa shape index (κ1) is 24.3. The molecule has 1 aliphatic heterocycles. The number of aliphatic hydroxyl groups is 1. The van der Waals surface area contributed by atoms with Crippen LogP contribution in [0.3, 0.4) is 0 Å². The molecule has 0 radical (unpaired) electrons. The molecule has 35 heavy (non-hydrogen) atoms. The lowest BCUT2D eigenvalue weighted by Crippen LogP contribution is -2.54. The van der Waals surface area contributed by atoms with Crippen LogP contribution in [0, 0.1) is 5.41 Å². The van der Waals surface area contributed by atoms with Crippen molar-refractivity contribution < 1.29 is 14.7 Å². The van der Waals surface area contributed by atoms with Gasteiger partial charge < -0.3 is 15.3 Å². The van der Waals surface area contributed by atoms with Crippen molar-refractivity contribution in [2.24, 2.45) is 5.41 Å². The Bertz CT molecular complexity index is 1060. The van der Waals surface area contributed by atoms with E-state index in [1.165, 1.54) is 4.90 Å². The molecule has 2 N–H and O–H groups in total. The molecule has 0 unspecified atom stereocenters. The number of β-amino-alcohol motifs (C(OH)–C–C–N with tert-alkyl or cyclic N) is 1. The molecule has 3 fully saturated rings. The van der Waals surface area contributed by atoms with Gasteiger partial charge in [0.25, 0.3) is 0 Å². The number of likely N-dealkylation sites (tertiary alicyclic amines) is 1. The lowest BCUT2D eigenvalue weighted by Gasteiger charge is -2.38. The molecular formula is C26H35N5O3S. The van der Waals surface area contributed by atoms with Crippen LogP contribution in [-0.4, -0.2) is 66.8 Å². The number of nitrogens with one attached hydrogen (secondary N) is 1. The van der Waals surface area contributed by atoms with Gasteiger partial charge in [-0.3, -0.25) is 9.59 Å². The van der Waals surface area contributed by atoms with Gasteiger partial charge in [0.15, 0.2) is 0 Å². The largest absolute Gasteiger partial charge is 0.391 e. The number of nitrogens with zero attached hydrogens (tertiary/aromatic N) is 4. The van der Waals surface area contributed by atoms with Crippen LogP contribution in [-0.2, 0) is 9.59 Å². The SMILES string of the molecule is CC(C)(C)[C@@H](C(=O)N1C[C@H](O)C[C@H]1C(=O)NC1CC(Sc2ccccc2)C1)n1cc(C2CC2)nn1. The quantitative estimate of drug-likeness (QED) is 0.610. The second kappa shape index (κ2) is 9.58. The Morgan fingerprint density at radius 2 is 1.86 bits per heavy atom. The number of aromatic nitrogens is 3. The fraction of sp³-hybridized carbons (Fsp3) is 0.615. The van der Waals surface area contributed by atoms with Gasteiger partial charge in [0, 0.05) is 41.3 Å². The van der Waals surface area contributed by atoms with Crippen molar-refractivity contribution >= 4 is 23.6 Å². The third-order valence-corrected chi connectivity index (χ3v) is 8.46. The first-order chi connectivity index (χ1) is 16.7. The summed E-state index contributed by atoms with van der Waals surface area (Å²) in [7, 11) is 0. The van der Waals surface area contributed by atoms with Crippen LogP contribution in [0.15, 0.2) is 41.4 Å². The van der Waals surface area contributed by atoms with E-state index in [2.05, 4.69) is 27.8 Å². The zero-order chi connectivity index (χ0) is 24.7. The van der Waals surface area contributed by atoms with Gasteiger partial charge in [0.2, 0.25) is 11.8 Å². The predicted molar refractivity (Wildman–Crippen MR) is 134 cm³/mol. The molecule has 1 saturated heterocycles. The number of carbonyl (C=O) groups is 2. The summed E-state index contributed by atoms with van der Waals surface area (Å²) in [6.45, 7) is 6.14. The highest BCUT2D eigenvalue weighted by Gasteiger charge is 2.46. The van der Waals surface area contributed by atoms with Gasteiger partial charge in [-0.05, 0) is 43.2 Å². The molecule has 3 aliphatic rings. The van der Waals surface area contributed by atoms with E-state index in [4.69, 9.17) is 0 Å². The summed E-state index contributed by atoms with van der Waals surface area (Å²) in [6.07, 6.45) is 5.46. The monoisotopic (exact) mass is 497 g/mol. The Labute approximate surface area is 210 Å². The number of thioether (sulfide) groups is 1. The van der Waals surface area contributed by atoms with Crippen molar-refractivity contribution in [2.45, 2.75) is 93.2 Å². The smallest absolute Gasteiger partial charge is 0.248 e. The molecule has 2 amide bonds. The van der Waals surface area contributed by atoms with Crippen LogP contribution in [0.2, 0.25) is 0 Å². The van der Waals surface area contributed by atoms with Gasteiger partial charge in [-0.15, -0.1) is 16.9 Å². The Balaban J connectivity index is 1.23. The van der Waals surface area contributed by atoms with E-state index in [1.807, 2.05) is 56.9 Å². The molecule has 1 aromatic carbocycles. The van der Waals surface area contributed by atoms with Crippen LogP contribution < -0.4 is 5.32 Å². The summed E-state index contributed by atoms with van der Waals surface area (Å²) >= 11 is 1.84. The van der Waals surface area contributed by atoms with Gasteiger partial charge in [0.05, 0.1) is 11.8 Å². The second-order valence-corrected chi connectivity index (χ2v) is 12.7. The molecule has 0 bridgehead atoms. The molecule has 1 aromatic heterocycles. The second-order valence-electron chi connectivity index (χ2n) is 11.3. The average Bonchev–Trinajstić information content (AvgIpc) is 3.39. The number of carbonyl (C=O) groups excluding carboxylic acids is 2. The standard InChI is InChI=1S/C26H35N5O3S/c1-26(2,3)23(31-15-21(28-29-31)16-9-10-16)25(34)30-14-18(32)13-22(30)24(33)27-17-11-20(12-17)35-19-7-5-4-6-8-19/h4-8,15-18,20,22-23,32H,9-14H2,1-3H3,(H,27,33)/t17?,18-,20?,22+,23-/m1/s1. The molecule has 2 saturated carbocycles. The van der Waals surface area contributed by atoms with E-state index in [0.29, 0.717) is 11.2 Å². The molecular weight excluding hydrogens is 462 g/mol. The van der Waals surface area contributed by atoms with E-state index in [9.17, 15) is 14.7 Å². The van der Waals surface area contributed by atoms with Gasteiger partial charge in [0.1, 0.15) is 12.1 Å². The number of hydrogen-bond acceptors (Lipinski definition) is 6. The highest BCUT2D eigenvalue weighted by Crippen LogP contribution is 2.41. The fourth-order valence-electron chi connectivity index (χ4n) is 5.09. The minimum atomic E-state index is -0.712. The average molecular weight is 498 g/mol. The molecule has 0 spiro atoms. The first-order valence-corrected chi connectivity index (χ1v) is 13.5. The van der Waals surface area contributed by atoms with E-state index in [1.54, 1.807) is 9.58 Å². The van der Waals surface area contributed by atoms with Crippen LogP contribution in [0.25, 0.3) is 0 Å². The van der Waals surface area contributed by atoms with E-state index in [-0.39, 0.29) is 30.8 Å². The summed E-state index contributed by atoms with van der Waals surface area (Å²) in [5.74, 6) is 0.0820. The Morgan fingerprint density at radius 1 is 1.14 bits per heavy atom. The van der Waals surface area contributed by atoms with Crippen LogP contribution >= 0.6 is 11.8 Å². The molecule has 2 aromatic rings.